The highest BCUT2D eigenvalue weighted by molar-refractivity contribution is 5.30. The van der Waals surface area contributed by atoms with Crippen LogP contribution in [0.25, 0.3) is 0 Å². The van der Waals surface area contributed by atoms with Crippen molar-refractivity contribution in [3.63, 3.8) is 0 Å². The van der Waals surface area contributed by atoms with Crippen molar-refractivity contribution >= 4 is 0 Å². The van der Waals surface area contributed by atoms with Crippen LogP contribution in [-0.2, 0) is 4.74 Å². The van der Waals surface area contributed by atoms with Crippen LogP contribution in [0.15, 0.2) is 18.5 Å². The van der Waals surface area contributed by atoms with Crippen LogP contribution in [0.2, 0.25) is 0 Å². The van der Waals surface area contributed by atoms with Gasteiger partial charge < -0.3 is 9.84 Å². The Hall–Kier alpha value is -1.44. The Balaban J connectivity index is 1.99. The van der Waals surface area contributed by atoms with Crippen LogP contribution in [0.1, 0.15) is 36.5 Å². The number of fused-ring (bicyclic) bond motifs is 2. The second-order valence-electron chi connectivity index (χ2n) is 5.32. The van der Waals surface area contributed by atoms with Crippen LogP contribution >= 0.6 is 0 Å². The van der Waals surface area contributed by atoms with Gasteiger partial charge in [-0.3, -0.25) is 4.98 Å². The Morgan fingerprint density at radius 3 is 3.00 bits per heavy atom. The molecule has 2 aliphatic rings. The molecule has 0 aliphatic carbocycles. The van der Waals surface area contributed by atoms with Crippen LogP contribution in [0.3, 0.4) is 0 Å². The minimum Gasteiger partial charge on any atom is -0.387 e. The lowest BCUT2D eigenvalue weighted by Crippen LogP contribution is -2.37. The summed E-state index contributed by atoms with van der Waals surface area (Å²) >= 11 is 0. The highest BCUT2D eigenvalue weighted by Crippen LogP contribution is 2.54. The Morgan fingerprint density at radius 1 is 1.61 bits per heavy atom. The summed E-state index contributed by atoms with van der Waals surface area (Å²) in [4.78, 5) is 4.06. The first-order valence-electron chi connectivity index (χ1n) is 6.32. The molecule has 3 heterocycles. The number of aliphatic hydroxyl groups excluding tert-OH is 1. The Kier molecular flexibility index (Phi) is 2.61. The number of ether oxygens (including phenoxy) is 1. The van der Waals surface area contributed by atoms with Crippen LogP contribution in [-0.4, -0.2) is 22.3 Å². The molecule has 2 bridgehead atoms. The average molecular weight is 244 g/mol. The van der Waals surface area contributed by atoms with E-state index in [9.17, 15) is 10.4 Å². The van der Waals surface area contributed by atoms with Gasteiger partial charge in [-0.25, -0.2) is 0 Å². The summed E-state index contributed by atoms with van der Waals surface area (Å²) in [5.74, 6) is 0. The fraction of sp³-hybridized carbons (Fsp3) is 0.571. The largest absolute Gasteiger partial charge is 0.387 e. The molecule has 4 atom stereocenters. The molecule has 4 nitrogen and oxygen atoms in total. The zero-order valence-corrected chi connectivity index (χ0v) is 10.3. The lowest BCUT2D eigenvalue weighted by atomic mass is 9.69. The second-order valence-corrected chi connectivity index (χ2v) is 5.32. The minimum atomic E-state index is -0.813. The normalized spacial score (nSPS) is 35.4. The number of aryl methyl sites for hydroxylation is 1. The number of hydrogen-bond acceptors (Lipinski definition) is 4. The quantitative estimate of drug-likeness (QED) is 0.862. The van der Waals surface area contributed by atoms with E-state index in [0.717, 1.165) is 24.0 Å². The van der Waals surface area contributed by atoms with Crippen LogP contribution < -0.4 is 0 Å². The molecule has 0 radical (unpaired) electrons. The first-order chi connectivity index (χ1) is 8.67. The van der Waals surface area contributed by atoms with Gasteiger partial charge in [0.25, 0.3) is 0 Å². The molecule has 18 heavy (non-hydrogen) atoms. The zero-order valence-electron chi connectivity index (χ0n) is 10.3. The van der Waals surface area contributed by atoms with Gasteiger partial charge in [0.05, 0.1) is 18.3 Å². The topological polar surface area (TPSA) is 66.1 Å². The van der Waals surface area contributed by atoms with Crippen molar-refractivity contribution in [2.45, 2.75) is 44.5 Å². The summed E-state index contributed by atoms with van der Waals surface area (Å²) in [7, 11) is 0. The van der Waals surface area contributed by atoms with E-state index in [-0.39, 0.29) is 12.2 Å². The van der Waals surface area contributed by atoms with Gasteiger partial charge in [-0.05, 0) is 37.8 Å². The summed E-state index contributed by atoms with van der Waals surface area (Å²) < 4.78 is 5.76. The molecule has 0 spiro atoms. The molecule has 4 unspecified atom stereocenters. The minimum absolute atomic E-state index is 0.137. The molecule has 1 aromatic rings. The number of rotatable bonds is 2. The third kappa shape index (κ3) is 1.48. The van der Waals surface area contributed by atoms with E-state index >= 15 is 0 Å². The standard InChI is InChI=1S/C14H16N2O2/c1-9-4-5-16-7-11(9)13(17)14(8-15)6-10-2-3-12(14)18-10/h4-5,7,10,12-13,17H,2-3,6H2,1H3. The monoisotopic (exact) mass is 244 g/mol. The van der Waals surface area contributed by atoms with E-state index in [1.807, 2.05) is 13.0 Å². The van der Waals surface area contributed by atoms with Gasteiger partial charge in [-0.2, -0.15) is 5.26 Å². The molecular weight excluding hydrogens is 228 g/mol. The van der Waals surface area contributed by atoms with Gasteiger partial charge in [-0.1, -0.05) is 0 Å². The lowest BCUT2D eigenvalue weighted by molar-refractivity contribution is 0.00296. The first kappa shape index (κ1) is 11.6. The smallest absolute Gasteiger partial charge is 0.116 e. The van der Waals surface area contributed by atoms with E-state index < -0.39 is 11.5 Å². The molecular formula is C14H16N2O2. The summed E-state index contributed by atoms with van der Waals surface area (Å²) in [5.41, 5.74) is 0.918. The number of nitriles is 1. The molecule has 0 aromatic carbocycles. The van der Waals surface area contributed by atoms with E-state index in [4.69, 9.17) is 4.74 Å². The average Bonchev–Trinajstić information content (AvgIpc) is 2.99. The molecule has 1 aromatic heterocycles. The zero-order chi connectivity index (χ0) is 12.8. The second kappa shape index (κ2) is 4.04. The molecule has 0 saturated carbocycles. The fourth-order valence-electron chi connectivity index (χ4n) is 3.25. The predicted octanol–water partition coefficient (Wildman–Crippen LogP) is 1.88. The molecule has 94 valence electrons. The first-order valence-corrected chi connectivity index (χ1v) is 6.32. The van der Waals surface area contributed by atoms with Crippen LogP contribution in [0, 0.1) is 23.7 Å². The Bertz CT molecular complexity index is 511. The number of aromatic nitrogens is 1. The van der Waals surface area contributed by atoms with E-state index in [1.165, 1.54) is 0 Å². The number of hydrogen-bond donors (Lipinski definition) is 1. The SMILES string of the molecule is Cc1ccncc1C(O)C1(C#N)CC2CCC1O2. The van der Waals surface area contributed by atoms with Crippen molar-refractivity contribution in [1.82, 2.24) is 4.98 Å². The number of aliphatic hydroxyl groups is 1. The molecule has 2 aliphatic heterocycles. The van der Waals surface area contributed by atoms with Gasteiger partial charge in [0.15, 0.2) is 0 Å². The third-order valence-electron chi connectivity index (χ3n) is 4.32. The predicted molar refractivity (Wildman–Crippen MR) is 64.5 cm³/mol. The molecule has 3 rings (SSSR count). The van der Waals surface area contributed by atoms with E-state index in [2.05, 4.69) is 11.1 Å². The molecule has 2 fully saturated rings. The number of pyridine rings is 1. The van der Waals surface area contributed by atoms with E-state index in [0.29, 0.717) is 6.42 Å². The number of nitrogens with zero attached hydrogens (tertiary/aromatic N) is 2. The van der Waals surface area contributed by atoms with Crippen molar-refractivity contribution in [3.05, 3.63) is 29.6 Å². The van der Waals surface area contributed by atoms with Crippen molar-refractivity contribution < 1.29 is 9.84 Å². The summed E-state index contributed by atoms with van der Waals surface area (Å²) in [6.07, 6.45) is 5.05. The molecule has 4 heteroatoms. The maximum atomic E-state index is 10.6. The van der Waals surface area contributed by atoms with Crippen molar-refractivity contribution in [3.8, 4) is 6.07 Å². The molecule has 0 amide bonds. The van der Waals surface area contributed by atoms with Crippen molar-refractivity contribution in [1.29, 1.82) is 5.26 Å². The lowest BCUT2D eigenvalue weighted by Gasteiger charge is -2.33. The van der Waals surface area contributed by atoms with Crippen molar-refractivity contribution in [2.24, 2.45) is 5.41 Å². The summed E-state index contributed by atoms with van der Waals surface area (Å²) in [6, 6.07) is 4.19. The Labute approximate surface area is 106 Å². The fourth-order valence-corrected chi connectivity index (χ4v) is 3.25. The van der Waals surface area contributed by atoms with Gasteiger partial charge in [0.1, 0.15) is 11.5 Å². The molecule has 2 saturated heterocycles. The highest BCUT2D eigenvalue weighted by Gasteiger charge is 2.57. The van der Waals surface area contributed by atoms with Gasteiger partial charge in [0.2, 0.25) is 0 Å². The molecule has 1 N–H and O–H groups in total. The van der Waals surface area contributed by atoms with E-state index in [1.54, 1.807) is 12.4 Å². The highest BCUT2D eigenvalue weighted by atomic mass is 16.5. The van der Waals surface area contributed by atoms with Crippen LogP contribution in [0.5, 0.6) is 0 Å². The van der Waals surface area contributed by atoms with Gasteiger partial charge >= 0.3 is 0 Å². The third-order valence-corrected chi connectivity index (χ3v) is 4.32. The maximum Gasteiger partial charge on any atom is 0.116 e. The van der Waals surface area contributed by atoms with Gasteiger partial charge in [-0.15, -0.1) is 0 Å². The summed E-state index contributed by atoms with van der Waals surface area (Å²) in [5, 5.41) is 20.2. The van der Waals surface area contributed by atoms with Crippen molar-refractivity contribution in [2.75, 3.05) is 0 Å². The maximum absolute atomic E-state index is 10.6. The summed E-state index contributed by atoms with van der Waals surface area (Å²) in [6.45, 7) is 1.93. The Morgan fingerprint density at radius 2 is 2.44 bits per heavy atom. The van der Waals surface area contributed by atoms with Crippen LogP contribution in [0.4, 0.5) is 0 Å². The van der Waals surface area contributed by atoms with Gasteiger partial charge in [0, 0.05) is 18.0 Å².